The van der Waals surface area contributed by atoms with Crippen LogP contribution in [0.2, 0.25) is 5.02 Å². The highest BCUT2D eigenvalue weighted by Crippen LogP contribution is 2.40. The molecule has 190 valence electrons. The van der Waals surface area contributed by atoms with Crippen molar-refractivity contribution in [3.63, 3.8) is 0 Å². The summed E-state index contributed by atoms with van der Waals surface area (Å²) in [6.07, 6.45) is 2.28. The minimum atomic E-state index is -0.376. The molecule has 1 N–H and O–H groups in total. The minimum absolute atomic E-state index is 0.167. The van der Waals surface area contributed by atoms with Gasteiger partial charge in [-0.1, -0.05) is 41.4 Å². The Morgan fingerprint density at radius 3 is 2.49 bits per heavy atom. The molecule has 1 saturated heterocycles. The Balaban J connectivity index is 1.34. The summed E-state index contributed by atoms with van der Waals surface area (Å²) in [5, 5.41) is 1.79. The van der Waals surface area contributed by atoms with Gasteiger partial charge in [-0.05, 0) is 66.9 Å². The Morgan fingerprint density at radius 2 is 1.73 bits per heavy atom. The molecule has 0 radical (unpaired) electrons. The lowest BCUT2D eigenvalue weighted by atomic mass is 9.92. The van der Waals surface area contributed by atoms with Crippen LogP contribution in [-0.2, 0) is 11.2 Å². The summed E-state index contributed by atoms with van der Waals surface area (Å²) in [7, 11) is 0. The van der Waals surface area contributed by atoms with Crippen molar-refractivity contribution in [3.8, 4) is 11.5 Å². The minimum Gasteiger partial charge on any atom is -0.490 e. The van der Waals surface area contributed by atoms with Gasteiger partial charge in [0, 0.05) is 41.0 Å². The summed E-state index contributed by atoms with van der Waals surface area (Å²) >= 11 is 6.33. The van der Waals surface area contributed by atoms with Gasteiger partial charge in [-0.3, -0.25) is 4.90 Å². The van der Waals surface area contributed by atoms with Crippen LogP contribution in [0.1, 0.15) is 41.3 Å². The Bertz CT molecular complexity index is 1410. The van der Waals surface area contributed by atoms with Crippen molar-refractivity contribution >= 4 is 28.6 Å². The number of carbonyl (C=O) groups excluding carboxylic acids is 1. The molecule has 6 rings (SSSR count). The average molecular weight is 517 g/mol. The van der Waals surface area contributed by atoms with Gasteiger partial charge in [-0.15, -0.1) is 0 Å². The lowest BCUT2D eigenvalue weighted by molar-refractivity contribution is 0.0255. The number of rotatable bonds is 4. The number of hydrogen-bond donors (Lipinski definition) is 1. The molecule has 4 aromatic rings. The number of nitrogens with one attached hydrogen (secondary N) is 1. The fourth-order valence-electron chi connectivity index (χ4n) is 5.28. The van der Waals surface area contributed by atoms with Crippen LogP contribution in [0, 0.1) is 6.92 Å². The lowest BCUT2D eigenvalue weighted by Crippen LogP contribution is -2.42. The number of carbonyl (C=O) groups is 1. The van der Waals surface area contributed by atoms with Crippen LogP contribution in [0.15, 0.2) is 66.7 Å². The molecule has 2 aliphatic heterocycles. The van der Waals surface area contributed by atoms with Crippen molar-refractivity contribution in [1.82, 2.24) is 9.88 Å². The largest absolute Gasteiger partial charge is 0.490 e. The number of aryl methyl sites for hydroxylation is 1. The van der Waals surface area contributed by atoms with Crippen LogP contribution in [0.3, 0.4) is 0 Å². The van der Waals surface area contributed by atoms with Crippen molar-refractivity contribution in [3.05, 3.63) is 94.1 Å². The first-order valence-corrected chi connectivity index (χ1v) is 13.1. The molecular formula is C30H29ClN2O4. The molecule has 1 unspecified atom stereocenters. The van der Waals surface area contributed by atoms with Crippen LogP contribution in [0.25, 0.3) is 10.9 Å². The smallest absolute Gasteiger partial charge is 0.416 e. The van der Waals surface area contributed by atoms with Crippen LogP contribution in [0.5, 0.6) is 11.5 Å². The van der Waals surface area contributed by atoms with Gasteiger partial charge in [0.25, 0.3) is 0 Å². The van der Waals surface area contributed by atoms with Gasteiger partial charge in [0.15, 0.2) is 0 Å². The zero-order valence-electron chi connectivity index (χ0n) is 20.7. The summed E-state index contributed by atoms with van der Waals surface area (Å²) in [5.41, 5.74) is 5.28. The van der Waals surface area contributed by atoms with Gasteiger partial charge in [0.05, 0.1) is 13.2 Å². The molecule has 0 bridgehead atoms. The fourth-order valence-corrected chi connectivity index (χ4v) is 5.46. The summed E-state index contributed by atoms with van der Waals surface area (Å²) in [6.45, 7) is 4.00. The first-order valence-electron chi connectivity index (χ1n) is 12.7. The molecule has 1 atom stereocenters. The molecule has 1 aromatic heterocycles. The first kappa shape index (κ1) is 23.9. The fraction of sp³-hybridized carbons (Fsp3) is 0.300. The topological polar surface area (TPSA) is 63.8 Å². The molecule has 6 nitrogen and oxygen atoms in total. The van der Waals surface area contributed by atoms with E-state index in [1.54, 1.807) is 4.90 Å². The zero-order chi connectivity index (χ0) is 25.4. The van der Waals surface area contributed by atoms with E-state index in [0.717, 1.165) is 59.5 Å². The molecule has 1 fully saturated rings. The SMILES string of the molecule is Cc1ccc(OC(=O)N2CCc3c([nH]c4ccc(Cl)cc34)C2c2ccc(OC3CCOCC3)cc2)cc1. The first-order chi connectivity index (χ1) is 18.0. The van der Waals surface area contributed by atoms with Crippen LogP contribution < -0.4 is 9.47 Å². The number of fused-ring (bicyclic) bond motifs is 3. The van der Waals surface area contributed by atoms with E-state index in [-0.39, 0.29) is 18.2 Å². The third-order valence-electron chi connectivity index (χ3n) is 7.22. The second-order valence-corrected chi connectivity index (χ2v) is 10.2. The third-order valence-corrected chi connectivity index (χ3v) is 7.45. The van der Waals surface area contributed by atoms with E-state index >= 15 is 0 Å². The third kappa shape index (κ3) is 4.91. The number of benzene rings is 3. The maximum Gasteiger partial charge on any atom is 0.416 e. The van der Waals surface area contributed by atoms with Crippen molar-refractivity contribution in [1.29, 1.82) is 0 Å². The number of aromatic amines is 1. The molecule has 2 aliphatic rings. The molecule has 0 spiro atoms. The van der Waals surface area contributed by atoms with Crippen molar-refractivity contribution in [2.75, 3.05) is 19.8 Å². The molecule has 0 saturated carbocycles. The van der Waals surface area contributed by atoms with Crippen molar-refractivity contribution in [2.24, 2.45) is 0 Å². The molecule has 3 heterocycles. The highest BCUT2D eigenvalue weighted by atomic mass is 35.5. The van der Waals surface area contributed by atoms with Gasteiger partial charge < -0.3 is 19.2 Å². The number of amides is 1. The van der Waals surface area contributed by atoms with E-state index in [1.807, 2.05) is 73.7 Å². The molecule has 3 aromatic carbocycles. The monoisotopic (exact) mass is 516 g/mol. The van der Waals surface area contributed by atoms with Crippen molar-refractivity contribution in [2.45, 2.75) is 38.3 Å². The lowest BCUT2D eigenvalue weighted by Gasteiger charge is -2.35. The number of aromatic nitrogens is 1. The van der Waals surface area contributed by atoms with E-state index in [1.165, 1.54) is 5.56 Å². The van der Waals surface area contributed by atoms with Crippen LogP contribution in [0.4, 0.5) is 4.79 Å². The molecule has 7 heteroatoms. The van der Waals surface area contributed by atoms with E-state index in [0.29, 0.717) is 23.7 Å². The maximum atomic E-state index is 13.5. The maximum absolute atomic E-state index is 13.5. The summed E-state index contributed by atoms with van der Waals surface area (Å²) < 4.78 is 17.4. The number of ether oxygens (including phenoxy) is 3. The number of hydrogen-bond acceptors (Lipinski definition) is 4. The van der Waals surface area contributed by atoms with E-state index in [4.69, 9.17) is 25.8 Å². The Labute approximate surface area is 221 Å². The molecule has 1 amide bonds. The predicted octanol–water partition coefficient (Wildman–Crippen LogP) is 6.83. The highest BCUT2D eigenvalue weighted by Gasteiger charge is 2.36. The summed E-state index contributed by atoms with van der Waals surface area (Å²) in [4.78, 5) is 18.9. The van der Waals surface area contributed by atoms with Crippen molar-refractivity contribution < 1.29 is 19.0 Å². The van der Waals surface area contributed by atoms with E-state index in [9.17, 15) is 4.79 Å². The van der Waals surface area contributed by atoms with Crippen LogP contribution >= 0.6 is 11.6 Å². The number of halogens is 1. The highest BCUT2D eigenvalue weighted by molar-refractivity contribution is 6.31. The van der Waals surface area contributed by atoms with Gasteiger partial charge >= 0.3 is 6.09 Å². The molecule has 37 heavy (non-hydrogen) atoms. The Kier molecular flexibility index (Phi) is 6.53. The Morgan fingerprint density at radius 1 is 1.00 bits per heavy atom. The predicted molar refractivity (Wildman–Crippen MR) is 144 cm³/mol. The van der Waals surface area contributed by atoms with Gasteiger partial charge in [-0.25, -0.2) is 4.79 Å². The van der Waals surface area contributed by atoms with E-state index < -0.39 is 0 Å². The standard InChI is InChI=1S/C30H29ClN2O4/c1-19-2-7-23(8-3-19)37-30(34)33-15-12-25-26-18-21(31)6-11-27(26)32-28(25)29(33)20-4-9-22(10-5-20)36-24-13-16-35-17-14-24/h2-11,18,24,29,32H,12-17H2,1H3. The Hall–Kier alpha value is -3.48. The second-order valence-electron chi connectivity index (χ2n) is 9.73. The zero-order valence-corrected chi connectivity index (χ0v) is 21.5. The summed E-state index contributed by atoms with van der Waals surface area (Å²) in [5.74, 6) is 1.35. The number of nitrogens with zero attached hydrogens (tertiary/aromatic N) is 1. The summed E-state index contributed by atoms with van der Waals surface area (Å²) in [6, 6.07) is 21.1. The number of H-pyrrole nitrogens is 1. The quantitative estimate of drug-likeness (QED) is 0.323. The van der Waals surface area contributed by atoms with Gasteiger partial charge in [0.2, 0.25) is 0 Å². The van der Waals surface area contributed by atoms with E-state index in [2.05, 4.69) is 4.98 Å². The van der Waals surface area contributed by atoms with Gasteiger partial charge in [0.1, 0.15) is 23.6 Å². The molecule has 0 aliphatic carbocycles. The normalized spacial score (nSPS) is 18.0. The van der Waals surface area contributed by atoms with Gasteiger partial charge in [-0.2, -0.15) is 0 Å². The molecular weight excluding hydrogens is 488 g/mol. The van der Waals surface area contributed by atoms with Crippen LogP contribution in [-0.4, -0.2) is 41.8 Å². The average Bonchev–Trinajstić information content (AvgIpc) is 3.28. The second kappa shape index (κ2) is 10.1.